The van der Waals surface area contributed by atoms with Gasteiger partial charge in [-0.05, 0) is 25.3 Å². The van der Waals surface area contributed by atoms with Gasteiger partial charge in [-0.2, -0.15) is 0 Å². The number of aliphatic carboxylic acids is 5. The summed E-state index contributed by atoms with van der Waals surface area (Å²) in [5, 5.41) is 44.4. The number of carbonyl (C=O) groups is 5. The van der Waals surface area contributed by atoms with Crippen LogP contribution in [0, 0.1) is 5.92 Å². The van der Waals surface area contributed by atoms with Gasteiger partial charge in [0.15, 0.2) is 0 Å². The molecule has 28 heavy (non-hydrogen) atoms. The highest BCUT2D eigenvalue weighted by Gasteiger charge is 2.25. The lowest BCUT2D eigenvalue weighted by atomic mass is 9.95. The first kappa shape index (κ1) is 25.2. The smallest absolute Gasteiger partial charge is 0.317 e. The molecule has 0 fully saturated rings. The number of carboxylic acid groups (broad SMARTS) is 5. The molecule has 160 valence electrons. The zero-order chi connectivity index (χ0) is 21.9. The monoisotopic (exact) mass is 407 g/mol. The lowest BCUT2D eigenvalue weighted by Gasteiger charge is -2.29. The number of hydrogen-bond acceptors (Lipinski definition) is 8. The molecule has 0 bridgehead atoms. The predicted octanol–water partition coefficient (Wildman–Crippen LogP) is -1.92. The summed E-state index contributed by atoms with van der Waals surface area (Å²) in [5.41, 5.74) is 5.86. The highest BCUT2D eigenvalue weighted by molar-refractivity contribution is 5.73. The third-order valence-corrected chi connectivity index (χ3v) is 3.76. The van der Waals surface area contributed by atoms with Gasteiger partial charge in [-0.3, -0.25) is 33.8 Å². The number of nitrogens with zero attached hydrogens (tertiary/aromatic N) is 2. The van der Waals surface area contributed by atoms with Crippen LogP contribution in [-0.4, -0.2) is 104 Å². The molecular formula is C15H25N3O10. The Kier molecular flexibility index (Phi) is 11.3. The van der Waals surface area contributed by atoms with Gasteiger partial charge in [0, 0.05) is 6.42 Å². The van der Waals surface area contributed by atoms with E-state index in [2.05, 4.69) is 0 Å². The van der Waals surface area contributed by atoms with E-state index >= 15 is 0 Å². The van der Waals surface area contributed by atoms with Gasteiger partial charge in [0.25, 0.3) is 0 Å². The lowest BCUT2D eigenvalue weighted by Crippen LogP contribution is -2.48. The molecule has 13 nitrogen and oxygen atoms in total. The molecule has 0 saturated heterocycles. The summed E-state index contributed by atoms with van der Waals surface area (Å²) < 4.78 is 0. The minimum Gasteiger partial charge on any atom is -0.481 e. The second-order valence-corrected chi connectivity index (χ2v) is 6.25. The number of hydrogen-bond donors (Lipinski definition) is 6. The van der Waals surface area contributed by atoms with Crippen molar-refractivity contribution in [2.24, 2.45) is 11.7 Å². The molecule has 0 aliphatic rings. The molecule has 0 aromatic rings. The van der Waals surface area contributed by atoms with E-state index in [0.717, 1.165) is 9.80 Å². The van der Waals surface area contributed by atoms with Crippen molar-refractivity contribution in [2.45, 2.75) is 25.4 Å². The molecule has 7 N–H and O–H groups in total. The summed E-state index contributed by atoms with van der Waals surface area (Å²) in [6.07, 6.45) is -1.44. The Labute approximate surface area is 159 Å². The Bertz CT molecular complexity index is 550. The minimum absolute atomic E-state index is 0.0405. The maximum Gasteiger partial charge on any atom is 0.317 e. The van der Waals surface area contributed by atoms with Gasteiger partial charge in [-0.15, -0.1) is 0 Å². The maximum absolute atomic E-state index is 11.1. The fraction of sp³-hybridized carbons (Fsp3) is 0.667. The average molecular weight is 407 g/mol. The highest BCUT2D eigenvalue weighted by atomic mass is 16.4. The molecule has 2 unspecified atom stereocenters. The molecule has 0 rings (SSSR count). The van der Waals surface area contributed by atoms with E-state index in [1.165, 1.54) is 0 Å². The number of carboxylic acids is 5. The van der Waals surface area contributed by atoms with E-state index in [1.54, 1.807) is 0 Å². The average Bonchev–Trinajstić information content (AvgIpc) is 2.49. The van der Waals surface area contributed by atoms with Crippen molar-refractivity contribution in [2.75, 3.05) is 32.7 Å². The second kappa shape index (κ2) is 12.6. The van der Waals surface area contributed by atoms with Crippen LogP contribution in [0.1, 0.15) is 19.3 Å². The molecule has 0 aliphatic heterocycles. The Morgan fingerprint density at radius 3 is 1.50 bits per heavy atom. The molecule has 0 spiro atoms. The van der Waals surface area contributed by atoms with Crippen molar-refractivity contribution in [1.29, 1.82) is 0 Å². The summed E-state index contributed by atoms with van der Waals surface area (Å²) in [4.78, 5) is 56.5. The van der Waals surface area contributed by atoms with E-state index in [4.69, 9.17) is 31.3 Å². The van der Waals surface area contributed by atoms with Gasteiger partial charge in [-0.25, -0.2) is 0 Å². The molecule has 0 saturated carbocycles. The molecule has 13 heteroatoms. The van der Waals surface area contributed by atoms with Gasteiger partial charge >= 0.3 is 29.8 Å². The van der Waals surface area contributed by atoms with Crippen LogP contribution < -0.4 is 5.73 Å². The van der Waals surface area contributed by atoms with Crippen molar-refractivity contribution in [3.8, 4) is 0 Å². The molecule has 0 radical (unpaired) electrons. The zero-order valence-electron chi connectivity index (χ0n) is 15.1. The summed E-state index contributed by atoms with van der Waals surface area (Å²) in [6, 6.07) is 0. The van der Waals surface area contributed by atoms with Gasteiger partial charge in [0.2, 0.25) is 0 Å². The van der Waals surface area contributed by atoms with E-state index < -0.39 is 68.1 Å². The van der Waals surface area contributed by atoms with E-state index in [0.29, 0.717) is 0 Å². The molecule has 0 aromatic carbocycles. The highest BCUT2D eigenvalue weighted by Crippen LogP contribution is 2.18. The van der Waals surface area contributed by atoms with Crippen LogP contribution in [0.2, 0.25) is 0 Å². The maximum atomic E-state index is 11.1. The van der Waals surface area contributed by atoms with Gasteiger partial charge in [0.05, 0.1) is 32.3 Å². The zero-order valence-corrected chi connectivity index (χ0v) is 15.1. The molecule has 2 atom stereocenters. The van der Waals surface area contributed by atoms with Crippen LogP contribution in [0.4, 0.5) is 0 Å². The Morgan fingerprint density at radius 1 is 0.714 bits per heavy atom. The Morgan fingerprint density at radius 2 is 1.14 bits per heavy atom. The number of nitrogens with two attached hydrogens (primary N) is 1. The van der Waals surface area contributed by atoms with Gasteiger partial charge in [0.1, 0.15) is 0 Å². The first-order valence-electron chi connectivity index (χ1n) is 8.21. The second-order valence-electron chi connectivity index (χ2n) is 6.25. The molecule has 0 aliphatic carbocycles. The van der Waals surface area contributed by atoms with Crippen molar-refractivity contribution >= 4 is 29.8 Å². The predicted molar refractivity (Wildman–Crippen MR) is 91.5 cm³/mol. The van der Waals surface area contributed by atoms with Crippen LogP contribution in [-0.2, 0) is 24.0 Å². The summed E-state index contributed by atoms with van der Waals surface area (Å²) in [7, 11) is 0. The van der Waals surface area contributed by atoms with Crippen LogP contribution in [0.5, 0.6) is 0 Å². The van der Waals surface area contributed by atoms with Crippen LogP contribution in [0.25, 0.3) is 0 Å². The van der Waals surface area contributed by atoms with Gasteiger partial charge < -0.3 is 31.3 Å². The molecule has 0 aromatic heterocycles. The third kappa shape index (κ3) is 12.6. The van der Waals surface area contributed by atoms with Crippen LogP contribution >= 0.6 is 0 Å². The molecule has 0 heterocycles. The molecular weight excluding hydrogens is 382 g/mol. The summed E-state index contributed by atoms with van der Waals surface area (Å²) in [6.45, 7) is -2.46. The van der Waals surface area contributed by atoms with Crippen molar-refractivity contribution in [3.63, 3.8) is 0 Å². The van der Waals surface area contributed by atoms with E-state index in [9.17, 15) is 24.0 Å². The van der Waals surface area contributed by atoms with Crippen molar-refractivity contribution in [3.05, 3.63) is 0 Å². The van der Waals surface area contributed by atoms with Gasteiger partial charge in [-0.1, -0.05) is 0 Å². The van der Waals surface area contributed by atoms with E-state index in [1.807, 2.05) is 0 Å². The fourth-order valence-electron chi connectivity index (χ4n) is 2.64. The lowest BCUT2D eigenvalue weighted by molar-refractivity contribution is -0.144. The first-order valence-corrected chi connectivity index (χ1v) is 8.21. The minimum atomic E-state index is -1.31. The summed E-state index contributed by atoms with van der Waals surface area (Å²) in [5.74, 6) is -6.93. The van der Waals surface area contributed by atoms with Crippen molar-refractivity contribution < 1.29 is 49.5 Å². The summed E-state index contributed by atoms with van der Waals surface area (Å²) >= 11 is 0. The third-order valence-electron chi connectivity index (χ3n) is 3.76. The van der Waals surface area contributed by atoms with Crippen LogP contribution in [0.3, 0.4) is 0 Å². The number of rotatable bonds is 16. The Hall–Kier alpha value is -2.77. The topological polar surface area (TPSA) is 219 Å². The Balaban J connectivity index is 5.08. The largest absolute Gasteiger partial charge is 0.481 e. The first-order chi connectivity index (χ1) is 12.9. The SMILES string of the molecule is NC(CC(CCN(CC(=O)O)CC(=O)O)CC(=O)O)N(CC(=O)O)CC(=O)O. The van der Waals surface area contributed by atoms with Crippen LogP contribution in [0.15, 0.2) is 0 Å². The normalized spacial score (nSPS) is 13.2. The van der Waals surface area contributed by atoms with E-state index in [-0.39, 0.29) is 25.8 Å². The quantitative estimate of drug-likeness (QED) is 0.154. The fourth-order valence-corrected chi connectivity index (χ4v) is 2.64. The standard InChI is InChI=1S/C15H25N3O10/c16-10(18(7-14(25)26)8-15(27)28)3-9(4-11(19)20)1-2-17(5-12(21)22)6-13(23)24/h9-10H,1-8,16H2,(H,19,20)(H,21,22)(H,23,24)(H,25,26)(H,27,28). The molecule has 0 amide bonds. The van der Waals surface area contributed by atoms with Crippen molar-refractivity contribution in [1.82, 2.24) is 9.80 Å².